The first kappa shape index (κ1) is 20.9. The fourth-order valence-corrected chi connectivity index (χ4v) is 3.68. The third-order valence-electron chi connectivity index (χ3n) is 4.32. The van der Waals surface area contributed by atoms with Crippen LogP contribution in [0.1, 0.15) is 25.5 Å². The Bertz CT molecular complexity index is 1150. The second kappa shape index (κ2) is 8.30. The minimum atomic E-state index is -3.40. The van der Waals surface area contributed by atoms with Gasteiger partial charge in [-0.3, -0.25) is 4.98 Å². The first-order chi connectivity index (χ1) is 13.7. The summed E-state index contributed by atoms with van der Waals surface area (Å²) in [6, 6.07) is 6.55. The normalized spacial score (nSPS) is 12.7. The molecule has 0 fully saturated rings. The summed E-state index contributed by atoms with van der Waals surface area (Å²) < 4.78 is 45.4. The van der Waals surface area contributed by atoms with Gasteiger partial charge in [-0.1, -0.05) is 13.8 Å². The molecule has 0 aromatic carbocycles. The molecule has 0 aliphatic rings. The van der Waals surface area contributed by atoms with Crippen molar-refractivity contribution in [3.05, 3.63) is 54.3 Å². The lowest BCUT2D eigenvalue weighted by Gasteiger charge is -2.14. The Balaban J connectivity index is 2.12. The topological polar surface area (TPSA) is 100 Å². The molecule has 7 nitrogen and oxygen atoms in total. The van der Waals surface area contributed by atoms with Crippen LogP contribution in [0.4, 0.5) is 4.39 Å². The predicted octanol–water partition coefficient (Wildman–Crippen LogP) is 3.56. The number of rotatable bonds is 7. The molecule has 0 aliphatic heterocycles. The van der Waals surface area contributed by atoms with Crippen LogP contribution in [0.2, 0.25) is 0 Å². The van der Waals surface area contributed by atoms with E-state index in [4.69, 9.17) is 10.5 Å². The highest BCUT2D eigenvalue weighted by Gasteiger charge is 2.23. The fourth-order valence-electron chi connectivity index (χ4n) is 3.12. The Morgan fingerprint density at radius 1 is 1.31 bits per heavy atom. The molecule has 0 aliphatic carbocycles. The first-order valence-corrected chi connectivity index (χ1v) is 11.0. The van der Waals surface area contributed by atoms with Crippen LogP contribution in [0, 0.1) is 0 Å². The lowest BCUT2D eigenvalue weighted by molar-refractivity contribution is 0.464. The maximum absolute atomic E-state index is 14.3. The van der Waals surface area contributed by atoms with Crippen LogP contribution < -0.4 is 10.5 Å². The van der Waals surface area contributed by atoms with Gasteiger partial charge < -0.3 is 15.0 Å². The third kappa shape index (κ3) is 4.46. The number of hydrogen-bond acceptors (Lipinski definition) is 6. The minimum absolute atomic E-state index is 0.00753. The fraction of sp³-hybridized carbons (Fsp3) is 0.300. The summed E-state index contributed by atoms with van der Waals surface area (Å²) in [7, 11) is -3.40. The molecule has 3 aromatic heterocycles. The van der Waals surface area contributed by atoms with Gasteiger partial charge in [-0.05, 0) is 36.3 Å². The Morgan fingerprint density at radius 2 is 2.07 bits per heavy atom. The number of hydrogen-bond donors (Lipinski definition) is 1. The quantitative estimate of drug-likeness (QED) is 0.630. The zero-order valence-corrected chi connectivity index (χ0v) is 17.3. The molecule has 154 valence electrons. The molecule has 0 bridgehead atoms. The average molecular weight is 418 g/mol. The van der Waals surface area contributed by atoms with Gasteiger partial charge in [-0.25, -0.2) is 17.8 Å². The largest absolute Gasteiger partial charge is 0.452 e. The van der Waals surface area contributed by atoms with Crippen molar-refractivity contribution >= 4 is 20.9 Å². The molecule has 3 heterocycles. The van der Waals surface area contributed by atoms with Gasteiger partial charge in [0.2, 0.25) is 0 Å². The maximum atomic E-state index is 14.3. The third-order valence-corrected chi connectivity index (χ3v) is 5.32. The smallest absolute Gasteiger partial charge is 0.192 e. The van der Waals surface area contributed by atoms with Crippen LogP contribution in [0.15, 0.2) is 53.6 Å². The summed E-state index contributed by atoms with van der Waals surface area (Å²) in [5.41, 5.74) is 7.52. The molecule has 3 rings (SSSR count). The van der Waals surface area contributed by atoms with Crippen LogP contribution >= 0.6 is 0 Å². The van der Waals surface area contributed by atoms with Gasteiger partial charge >= 0.3 is 0 Å². The van der Waals surface area contributed by atoms with E-state index in [9.17, 15) is 12.8 Å². The molecule has 2 N–H and O–H groups in total. The van der Waals surface area contributed by atoms with Crippen molar-refractivity contribution in [3.63, 3.8) is 0 Å². The molecule has 0 radical (unpaired) electrons. The lowest BCUT2D eigenvalue weighted by Crippen LogP contribution is -2.07. The van der Waals surface area contributed by atoms with Crippen LogP contribution in [0.25, 0.3) is 11.0 Å². The number of nitrogens with two attached hydrogens (primary N) is 1. The summed E-state index contributed by atoms with van der Waals surface area (Å²) in [5.74, 6) is 0.515. The van der Waals surface area contributed by atoms with Crippen molar-refractivity contribution in [3.8, 4) is 11.5 Å². The second-order valence-electron chi connectivity index (χ2n) is 6.92. The molecule has 0 atom stereocenters. The highest BCUT2D eigenvalue weighted by Crippen LogP contribution is 2.39. The highest BCUT2D eigenvalue weighted by atomic mass is 32.2. The van der Waals surface area contributed by atoms with E-state index in [-0.39, 0.29) is 29.9 Å². The Morgan fingerprint density at radius 3 is 2.66 bits per heavy atom. The molecule has 0 unspecified atom stereocenters. The molecule has 9 heteroatoms. The molecule has 3 aromatic rings. The van der Waals surface area contributed by atoms with Gasteiger partial charge in [-0.15, -0.1) is 0 Å². The van der Waals surface area contributed by atoms with E-state index in [1.54, 1.807) is 12.3 Å². The summed E-state index contributed by atoms with van der Waals surface area (Å²) >= 11 is 0. The first-order valence-electron chi connectivity index (χ1n) is 9.08. The Labute approximate surface area is 169 Å². The number of ether oxygens (including phenoxy) is 1. The Hall–Kier alpha value is -2.78. The number of aromatic nitrogens is 3. The van der Waals surface area contributed by atoms with Crippen LogP contribution in [-0.2, 0) is 16.4 Å². The molecular formula is C20H23FN4O3S. The lowest BCUT2D eigenvalue weighted by atomic mass is 10.1. The van der Waals surface area contributed by atoms with E-state index in [0.717, 1.165) is 17.5 Å². The van der Waals surface area contributed by atoms with E-state index >= 15 is 0 Å². The van der Waals surface area contributed by atoms with Crippen molar-refractivity contribution in [1.82, 2.24) is 14.5 Å². The van der Waals surface area contributed by atoms with Gasteiger partial charge in [-0.2, -0.15) is 0 Å². The van der Waals surface area contributed by atoms with Crippen molar-refractivity contribution < 1.29 is 17.5 Å². The number of fused-ring (bicyclic) bond motifs is 1. The number of nitrogens with zero attached hydrogens (tertiary/aromatic N) is 3. The van der Waals surface area contributed by atoms with Gasteiger partial charge in [0.1, 0.15) is 17.1 Å². The van der Waals surface area contributed by atoms with Crippen molar-refractivity contribution in [1.29, 1.82) is 0 Å². The zero-order valence-electron chi connectivity index (χ0n) is 16.5. The summed E-state index contributed by atoms with van der Waals surface area (Å²) in [5, 5.41) is -0.0384. The number of pyridine rings is 2. The average Bonchev–Trinajstić information content (AvgIpc) is 2.95. The van der Waals surface area contributed by atoms with Gasteiger partial charge in [0.25, 0.3) is 0 Å². The van der Waals surface area contributed by atoms with Gasteiger partial charge in [0.15, 0.2) is 20.6 Å². The predicted molar refractivity (Wildman–Crippen MR) is 109 cm³/mol. The monoisotopic (exact) mass is 418 g/mol. The molecule has 0 saturated carbocycles. The van der Waals surface area contributed by atoms with E-state index < -0.39 is 9.84 Å². The number of sulfone groups is 1. The van der Waals surface area contributed by atoms with E-state index in [1.165, 1.54) is 24.4 Å². The van der Waals surface area contributed by atoms with E-state index in [0.29, 0.717) is 17.0 Å². The van der Waals surface area contributed by atoms with Crippen LogP contribution in [-0.4, -0.2) is 35.8 Å². The molecule has 0 amide bonds. The SMILES string of the molecule is CC(C)c1c(Oc2ccc(S(C)(=O)=O)nc2)c2ncccc2n1C/C(F)=C/CN. The molecule has 0 spiro atoms. The van der Waals surface area contributed by atoms with Gasteiger partial charge in [0, 0.05) is 19.0 Å². The number of allylic oxidation sites excluding steroid dienone is 1. The van der Waals surface area contributed by atoms with Crippen molar-refractivity contribution in [2.24, 2.45) is 5.73 Å². The molecular weight excluding hydrogens is 395 g/mol. The van der Waals surface area contributed by atoms with Gasteiger partial charge in [0.05, 0.1) is 24.0 Å². The summed E-state index contributed by atoms with van der Waals surface area (Å²) in [6.45, 7) is 4.09. The minimum Gasteiger partial charge on any atom is -0.452 e. The number of halogens is 1. The van der Waals surface area contributed by atoms with Crippen molar-refractivity contribution in [2.45, 2.75) is 31.3 Å². The van der Waals surface area contributed by atoms with E-state index in [2.05, 4.69) is 9.97 Å². The Kier molecular flexibility index (Phi) is 5.99. The summed E-state index contributed by atoms with van der Waals surface area (Å²) in [4.78, 5) is 8.38. The van der Waals surface area contributed by atoms with Crippen LogP contribution in [0.3, 0.4) is 0 Å². The molecule has 0 saturated heterocycles. The maximum Gasteiger partial charge on any atom is 0.192 e. The standard InChI is InChI=1S/C20H23FN4O3S/c1-13(2)19-20(28-15-6-7-17(24-11-15)29(3,26)27)18-16(5-4-10-23-18)25(19)12-14(21)8-9-22/h4-8,10-11,13H,9,12,22H2,1-3H3/b14-8-. The van der Waals surface area contributed by atoms with Crippen LogP contribution in [0.5, 0.6) is 11.5 Å². The summed E-state index contributed by atoms with van der Waals surface area (Å²) in [6.07, 6.45) is 5.41. The zero-order chi connectivity index (χ0) is 21.2. The molecule has 29 heavy (non-hydrogen) atoms. The van der Waals surface area contributed by atoms with E-state index in [1.807, 2.05) is 24.5 Å². The second-order valence-corrected chi connectivity index (χ2v) is 8.88. The highest BCUT2D eigenvalue weighted by molar-refractivity contribution is 7.90. The van der Waals surface area contributed by atoms with Crippen molar-refractivity contribution in [2.75, 3.05) is 12.8 Å².